The van der Waals surface area contributed by atoms with Crippen molar-refractivity contribution in [3.05, 3.63) is 0 Å². The van der Waals surface area contributed by atoms with Crippen LogP contribution >= 0.6 is 7.82 Å². The van der Waals surface area contributed by atoms with E-state index >= 15 is 0 Å². The number of phosphoric ester groups is 1. The highest BCUT2D eigenvalue weighted by atomic mass is 31.2. The molecule has 0 aromatic carbocycles. The third-order valence-electron chi connectivity index (χ3n) is 6.28. The van der Waals surface area contributed by atoms with Crippen LogP contribution in [0.15, 0.2) is 0 Å². The van der Waals surface area contributed by atoms with Crippen LogP contribution in [0.2, 0.25) is 0 Å². The van der Waals surface area contributed by atoms with Gasteiger partial charge in [0, 0.05) is 6.42 Å². The fraction of sp³-hybridized carbons (Fsp3) is 0.963. The summed E-state index contributed by atoms with van der Waals surface area (Å²) in [5, 5.41) is 9.46. The highest BCUT2D eigenvalue weighted by Crippen LogP contribution is 2.35. The number of carbonyl (C=O) groups is 1. The maximum Gasteiger partial charge on any atom is 0.469 e. The second-order valence-corrected chi connectivity index (χ2v) is 11.7. The van der Waals surface area contributed by atoms with Crippen LogP contribution in [0.3, 0.4) is 0 Å². The lowest BCUT2D eigenvalue weighted by Gasteiger charge is -2.12. The Kier molecular flexibility index (Phi) is 23.6. The van der Waals surface area contributed by atoms with Crippen LogP contribution in [0, 0.1) is 5.92 Å². The van der Waals surface area contributed by atoms with Gasteiger partial charge in [0.15, 0.2) is 0 Å². The largest absolute Gasteiger partial charge is 0.469 e. The van der Waals surface area contributed by atoms with Crippen LogP contribution in [0.4, 0.5) is 0 Å². The normalized spacial score (nSPS) is 12.9. The summed E-state index contributed by atoms with van der Waals surface area (Å²) in [6.45, 7) is 3.73. The zero-order valence-corrected chi connectivity index (χ0v) is 23.5. The van der Waals surface area contributed by atoms with Gasteiger partial charge in [-0.1, -0.05) is 129 Å². The van der Waals surface area contributed by atoms with E-state index in [0.717, 1.165) is 25.2 Å². The summed E-state index contributed by atoms with van der Waals surface area (Å²) in [5.41, 5.74) is 0. The second kappa shape index (κ2) is 23.9. The van der Waals surface area contributed by atoms with Gasteiger partial charge in [-0.2, -0.15) is 0 Å². The maximum atomic E-state index is 11.6. The van der Waals surface area contributed by atoms with E-state index in [1.807, 2.05) is 0 Å². The molecule has 0 saturated carbocycles. The topological polar surface area (TPSA) is 113 Å². The summed E-state index contributed by atoms with van der Waals surface area (Å²) in [7, 11) is -4.62. The summed E-state index contributed by atoms with van der Waals surface area (Å²) < 4.78 is 19.6. The zero-order chi connectivity index (χ0) is 26.2. The molecule has 0 saturated heterocycles. The van der Waals surface area contributed by atoms with E-state index < -0.39 is 26.5 Å². The maximum absolute atomic E-state index is 11.6. The van der Waals surface area contributed by atoms with Gasteiger partial charge in [-0.15, -0.1) is 0 Å². The lowest BCUT2D eigenvalue weighted by Crippen LogP contribution is -2.23. The Labute approximate surface area is 215 Å². The van der Waals surface area contributed by atoms with Gasteiger partial charge in [-0.3, -0.25) is 9.32 Å². The third kappa shape index (κ3) is 29.7. The minimum Gasteiger partial charge on any atom is -0.463 e. The van der Waals surface area contributed by atoms with Crippen molar-refractivity contribution in [3.8, 4) is 0 Å². The van der Waals surface area contributed by atoms with Crippen molar-refractivity contribution >= 4 is 13.8 Å². The molecule has 35 heavy (non-hydrogen) atoms. The van der Waals surface area contributed by atoms with Crippen LogP contribution in [0.25, 0.3) is 0 Å². The second-order valence-electron chi connectivity index (χ2n) is 10.4. The average molecular weight is 523 g/mol. The zero-order valence-electron chi connectivity index (χ0n) is 22.6. The molecule has 0 fully saturated rings. The van der Waals surface area contributed by atoms with Gasteiger partial charge >= 0.3 is 13.8 Å². The van der Waals surface area contributed by atoms with Crippen molar-refractivity contribution in [1.29, 1.82) is 0 Å². The first-order valence-electron chi connectivity index (χ1n) is 14.2. The Bertz CT molecular complexity index is 522. The number of aliphatic hydroxyl groups is 1. The summed E-state index contributed by atoms with van der Waals surface area (Å²) in [6, 6.07) is 0. The molecule has 0 rings (SSSR count). The summed E-state index contributed by atoms with van der Waals surface area (Å²) in [5.74, 6) is 0.452. The lowest BCUT2D eigenvalue weighted by molar-refractivity contribution is -0.147. The first-order chi connectivity index (χ1) is 16.7. The van der Waals surface area contributed by atoms with Crippen LogP contribution in [-0.4, -0.2) is 40.2 Å². The van der Waals surface area contributed by atoms with Gasteiger partial charge < -0.3 is 19.6 Å². The Morgan fingerprint density at radius 2 is 1.03 bits per heavy atom. The summed E-state index contributed by atoms with van der Waals surface area (Å²) in [4.78, 5) is 28.7. The van der Waals surface area contributed by atoms with E-state index in [-0.39, 0.29) is 6.61 Å². The van der Waals surface area contributed by atoms with E-state index in [1.54, 1.807) is 0 Å². The number of rotatable bonds is 26. The molecular weight excluding hydrogens is 467 g/mol. The molecule has 0 aliphatic heterocycles. The molecule has 0 spiro atoms. The summed E-state index contributed by atoms with van der Waals surface area (Å²) >= 11 is 0. The van der Waals surface area contributed by atoms with E-state index in [0.29, 0.717) is 6.42 Å². The quantitative estimate of drug-likeness (QED) is 0.0614. The molecule has 1 unspecified atom stereocenters. The monoisotopic (exact) mass is 522 g/mol. The van der Waals surface area contributed by atoms with Gasteiger partial charge in [0.2, 0.25) is 0 Å². The number of aliphatic hydroxyl groups excluding tert-OH is 1. The number of hydrogen-bond acceptors (Lipinski definition) is 5. The van der Waals surface area contributed by atoms with Gasteiger partial charge in [-0.25, -0.2) is 4.57 Å². The molecule has 0 aromatic heterocycles. The smallest absolute Gasteiger partial charge is 0.463 e. The first-order valence-corrected chi connectivity index (χ1v) is 15.8. The fourth-order valence-electron chi connectivity index (χ4n) is 4.14. The minimum absolute atomic E-state index is 0.296. The van der Waals surface area contributed by atoms with Crippen LogP contribution in [0.5, 0.6) is 0 Å². The Balaban J connectivity index is 3.24. The highest BCUT2D eigenvalue weighted by Gasteiger charge is 2.17. The van der Waals surface area contributed by atoms with Gasteiger partial charge in [0.1, 0.15) is 12.7 Å². The average Bonchev–Trinajstić information content (AvgIpc) is 2.79. The van der Waals surface area contributed by atoms with Crippen LogP contribution in [0.1, 0.15) is 142 Å². The first kappa shape index (κ1) is 34.5. The van der Waals surface area contributed by atoms with Crippen molar-refractivity contribution in [2.24, 2.45) is 5.92 Å². The summed E-state index contributed by atoms with van der Waals surface area (Å²) in [6.07, 6.45) is 23.8. The number of unbranched alkanes of at least 4 members (excludes halogenated alkanes) is 17. The van der Waals surface area contributed by atoms with Crippen molar-refractivity contribution < 1.29 is 33.5 Å². The predicted octanol–water partition coefficient (Wildman–Crippen LogP) is 7.46. The molecule has 3 N–H and O–H groups in total. The molecule has 0 bridgehead atoms. The molecule has 0 aliphatic carbocycles. The molecule has 0 aromatic rings. The van der Waals surface area contributed by atoms with Crippen molar-refractivity contribution in [2.45, 2.75) is 148 Å². The molecule has 0 radical (unpaired) electrons. The van der Waals surface area contributed by atoms with Gasteiger partial charge in [0.25, 0.3) is 0 Å². The highest BCUT2D eigenvalue weighted by molar-refractivity contribution is 7.46. The molecule has 7 nitrogen and oxygen atoms in total. The lowest BCUT2D eigenvalue weighted by atomic mass is 10.0. The van der Waals surface area contributed by atoms with Gasteiger partial charge in [-0.05, 0) is 12.3 Å². The Hall–Kier alpha value is -0.460. The fourth-order valence-corrected chi connectivity index (χ4v) is 4.51. The Morgan fingerprint density at radius 3 is 1.40 bits per heavy atom. The molecule has 0 heterocycles. The Morgan fingerprint density at radius 1 is 0.657 bits per heavy atom. The van der Waals surface area contributed by atoms with E-state index in [1.165, 1.54) is 103 Å². The number of esters is 1. The number of carbonyl (C=O) groups excluding carboxylic acids is 1. The standard InChI is InChI=1S/C27H55O7P/c1-25(2)21-19-17-15-13-11-9-7-5-3-4-6-8-10-12-14-16-18-20-22-27(29)33-23-26(28)24-34-35(30,31)32/h25-26,28H,3-24H2,1-2H3,(H2,30,31,32). The minimum atomic E-state index is -4.62. The molecule has 1 atom stereocenters. The number of ether oxygens (including phenoxy) is 1. The third-order valence-corrected chi connectivity index (χ3v) is 6.77. The predicted molar refractivity (Wildman–Crippen MR) is 142 cm³/mol. The van der Waals surface area contributed by atoms with E-state index in [2.05, 4.69) is 18.4 Å². The van der Waals surface area contributed by atoms with Crippen molar-refractivity contribution in [1.82, 2.24) is 0 Å². The van der Waals surface area contributed by atoms with Crippen molar-refractivity contribution in [2.75, 3.05) is 13.2 Å². The van der Waals surface area contributed by atoms with Crippen molar-refractivity contribution in [3.63, 3.8) is 0 Å². The van der Waals surface area contributed by atoms with E-state index in [9.17, 15) is 14.5 Å². The number of phosphoric acid groups is 1. The molecular formula is C27H55O7P. The van der Waals surface area contributed by atoms with Crippen LogP contribution < -0.4 is 0 Å². The SMILES string of the molecule is CC(C)CCCCCCCCCCCCCCCCCCCCC(=O)OCC(O)COP(=O)(O)O. The van der Waals surface area contributed by atoms with Crippen LogP contribution in [-0.2, 0) is 18.6 Å². The molecule has 0 aliphatic rings. The molecule has 210 valence electrons. The van der Waals surface area contributed by atoms with Gasteiger partial charge in [0.05, 0.1) is 6.61 Å². The molecule has 8 heteroatoms. The number of hydrogen-bond donors (Lipinski definition) is 3. The van der Waals surface area contributed by atoms with E-state index in [4.69, 9.17) is 14.5 Å². The molecule has 0 amide bonds.